The first kappa shape index (κ1) is 15.7. The Balaban J connectivity index is 1.79. The van der Waals surface area contributed by atoms with E-state index in [4.69, 9.17) is 4.74 Å². The zero-order valence-electron chi connectivity index (χ0n) is 13.7. The van der Waals surface area contributed by atoms with Gasteiger partial charge in [0.25, 0.3) is 0 Å². The molecule has 3 rings (SSSR count). The zero-order valence-corrected chi connectivity index (χ0v) is 13.7. The molecule has 2 aromatic carbocycles. The summed E-state index contributed by atoms with van der Waals surface area (Å²) in [6.45, 7) is 7.92. The van der Waals surface area contributed by atoms with Gasteiger partial charge in [-0.2, -0.15) is 5.26 Å². The van der Waals surface area contributed by atoms with Crippen molar-refractivity contribution >= 4 is 0 Å². The number of hydrogen-bond donors (Lipinski definition) is 0. The molecule has 1 aliphatic heterocycles. The lowest BCUT2D eigenvalue weighted by Gasteiger charge is -2.42. The van der Waals surface area contributed by atoms with Crippen LogP contribution in [0.25, 0.3) is 11.1 Å². The minimum atomic E-state index is 0.0737. The second-order valence-electron chi connectivity index (χ2n) is 6.64. The van der Waals surface area contributed by atoms with Crippen molar-refractivity contribution in [1.82, 2.24) is 4.90 Å². The first-order valence-corrected chi connectivity index (χ1v) is 8.01. The molecular weight excluding hydrogens is 284 g/mol. The highest BCUT2D eigenvalue weighted by Gasteiger charge is 2.30. The molecular formula is C20H22N2O. The number of ether oxygens (including phenoxy) is 1. The summed E-state index contributed by atoms with van der Waals surface area (Å²) in [6.07, 6.45) is 0. The van der Waals surface area contributed by atoms with Crippen LogP contribution in [0.15, 0.2) is 48.5 Å². The van der Waals surface area contributed by atoms with E-state index in [0.717, 1.165) is 43.0 Å². The van der Waals surface area contributed by atoms with Gasteiger partial charge in [-0.1, -0.05) is 42.5 Å². The fraction of sp³-hybridized carbons (Fsp3) is 0.350. The Morgan fingerprint density at radius 2 is 1.87 bits per heavy atom. The molecule has 23 heavy (non-hydrogen) atoms. The fourth-order valence-corrected chi connectivity index (χ4v) is 3.03. The number of hydrogen-bond acceptors (Lipinski definition) is 3. The maximum absolute atomic E-state index is 9.24. The van der Waals surface area contributed by atoms with Crippen molar-refractivity contribution in [2.75, 3.05) is 19.8 Å². The molecule has 3 nitrogen and oxygen atoms in total. The van der Waals surface area contributed by atoms with Crippen LogP contribution in [0.5, 0.6) is 0 Å². The summed E-state index contributed by atoms with van der Waals surface area (Å²) in [7, 11) is 0. The molecule has 0 radical (unpaired) electrons. The van der Waals surface area contributed by atoms with Crippen LogP contribution in [0.1, 0.15) is 25.0 Å². The predicted octanol–water partition coefficient (Wildman–Crippen LogP) is 3.84. The van der Waals surface area contributed by atoms with Crippen molar-refractivity contribution in [2.24, 2.45) is 0 Å². The van der Waals surface area contributed by atoms with Crippen molar-refractivity contribution in [3.8, 4) is 17.2 Å². The lowest BCUT2D eigenvalue weighted by atomic mass is 9.98. The fourth-order valence-electron chi connectivity index (χ4n) is 3.03. The van der Waals surface area contributed by atoms with E-state index in [2.05, 4.69) is 49.1 Å². The van der Waals surface area contributed by atoms with Gasteiger partial charge < -0.3 is 4.74 Å². The summed E-state index contributed by atoms with van der Waals surface area (Å²) in [5, 5.41) is 9.24. The molecule has 2 aromatic rings. The van der Waals surface area contributed by atoms with E-state index in [0.29, 0.717) is 0 Å². The molecule has 0 bridgehead atoms. The quantitative estimate of drug-likeness (QED) is 0.864. The van der Waals surface area contributed by atoms with Crippen molar-refractivity contribution in [2.45, 2.75) is 25.9 Å². The van der Waals surface area contributed by atoms with E-state index in [1.54, 1.807) is 0 Å². The Morgan fingerprint density at radius 1 is 1.13 bits per heavy atom. The van der Waals surface area contributed by atoms with Crippen LogP contribution in [0.3, 0.4) is 0 Å². The van der Waals surface area contributed by atoms with Crippen molar-refractivity contribution in [3.05, 3.63) is 59.7 Å². The van der Waals surface area contributed by atoms with Crippen molar-refractivity contribution in [3.63, 3.8) is 0 Å². The van der Waals surface area contributed by atoms with Gasteiger partial charge in [0, 0.05) is 18.6 Å². The van der Waals surface area contributed by atoms with Gasteiger partial charge >= 0.3 is 0 Å². The maximum Gasteiger partial charge on any atom is 0.0998 e. The largest absolute Gasteiger partial charge is 0.378 e. The maximum atomic E-state index is 9.24. The molecule has 1 aliphatic rings. The molecule has 0 N–H and O–H groups in total. The van der Waals surface area contributed by atoms with Crippen LogP contribution < -0.4 is 0 Å². The average molecular weight is 306 g/mol. The molecule has 1 saturated heterocycles. The highest BCUT2D eigenvalue weighted by Crippen LogP contribution is 2.25. The van der Waals surface area contributed by atoms with Gasteiger partial charge in [-0.05, 0) is 36.6 Å². The van der Waals surface area contributed by atoms with Gasteiger partial charge in [0.15, 0.2) is 0 Å². The van der Waals surface area contributed by atoms with Gasteiger partial charge in [0.1, 0.15) is 0 Å². The number of nitrogens with zero attached hydrogens (tertiary/aromatic N) is 2. The normalized spacial score (nSPS) is 17.6. The zero-order chi connectivity index (χ0) is 16.3. The average Bonchev–Trinajstić information content (AvgIpc) is 2.57. The standard InChI is InChI=1S/C20H22N2O/c1-20(2)15-23-12-11-22(20)14-16-7-9-17(10-8-16)19-6-4-3-5-18(19)13-21/h3-10H,11-12,14-15H2,1-2H3. The van der Waals surface area contributed by atoms with E-state index in [-0.39, 0.29) is 5.54 Å². The molecule has 0 spiro atoms. The molecule has 0 atom stereocenters. The Bertz CT molecular complexity index is 713. The van der Waals surface area contributed by atoms with Crippen LogP contribution in [0, 0.1) is 11.3 Å². The monoisotopic (exact) mass is 306 g/mol. The minimum absolute atomic E-state index is 0.0737. The predicted molar refractivity (Wildman–Crippen MR) is 91.9 cm³/mol. The van der Waals surface area contributed by atoms with E-state index in [9.17, 15) is 5.26 Å². The second-order valence-corrected chi connectivity index (χ2v) is 6.64. The lowest BCUT2D eigenvalue weighted by Crippen LogP contribution is -2.52. The van der Waals surface area contributed by atoms with Crippen LogP contribution in [0.4, 0.5) is 0 Å². The molecule has 3 heteroatoms. The van der Waals surface area contributed by atoms with Crippen LogP contribution in [-0.4, -0.2) is 30.2 Å². The summed E-state index contributed by atoms with van der Waals surface area (Å²) in [5.41, 5.74) is 4.16. The third-order valence-electron chi connectivity index (χ3n) is 4.50. The lowest BCUT2D eigenvalue weighted by molar-refractivity contribution is -0.0552. The number of morpholine rings is 1. The smallest absolute Gasteiger partial charge is 0.0998 e. The molecule has 1 fully saturated rings. The van der Waals surface area contributed by atoms with E-state index < -0.39 is 0 Å². The molecule has 0 aromatic heterocycles. The molecule has 1 heterocycles. The van der Waals surface area contributed by atoms with E-state index >= 15 is 0 Å². The summed E-state index contributed by atoms with van der Waals surface area (Å²) in [6, 6.07) is 18.5. The molecule has 0 unspecified atom stereocenters. The van der Waals surface area contributed by atoms with Crippen LogP contribution >= 0.6 is 0 Å². The summed E-state index contributed by atoms with van der Waals surface area (Å²) >= 11 is 0. The minimum Gasteiger partial charge on any atom is -0.378 e. The topological polar surface area (TPSA) is 36.3 Å². The number of benzene rings is 2. The summed E-state index contributed by atoms with van der Waals surface area (Å²) in [5.74, 6) is 0. The Labute approximate surface area is 138 Å². The van der Waals surface area contributed by atoms with Crippen LogP contribution in [-0.2, 0) is 11.3 Å². The molecule has 0 saturated carbocycles. The Morgan fingerprint density at radius 3 is 2.57 bits per heavy atom. The summed E-state index contributed by atoms with van der Waals surface area (Å²) in [4.78, 5) is 2.47. The first-order valence-electron chi connectivity index (χ1n) is 8.01. The van der Waals surface area contributed by atoms with Crippen LogP contribution in [0.2, 0.25) is 0 Å². The highest BCUT2D eigenvalue weighted by atomic mass is 16.5. The third kappa shape index (κ3) is 3.44. The molecule has 118 valence electrons. The first-order chi connectivity index (χ1) is 11.1. The van der Waals surface area contributed by atoms with Gasteiger partial charge in [0.05, 0.1) is 24.8 Å². The Hall–Kier alpha value is -2.15. The van der Waals surface area contributed by atoms with Gasteiger partial charge in [0.2, 0.25) is 0 Å². The van der Waals surface area contributed by atoms with Crippen molar-refractivity contribution < 1.29 is 4.74 Å². The number of nitriles is 1. The SMILES string of the molecule is CC1(C)COCCN1Cc1ccc(-c2ccccc2C#N)cc1. The highest BCUT2D eigenvalue weighted by molar-refractivity contribution is 5.70. The number of rotatable bonds is 3. The van der Waals surface area contributed by atoms with Gasteiger partial charge in [-0.25, -0.2) is 0 Å². The van der Waals surface area contributed by atoms with E-state index in [1.165, 1.54) is 5.56 Å². The second kappa shape index (κ2) is 6.54. The van der Waals surface area contributed by atoms with Gasteiger partial charge in [-0.15, -0.1) is 0 Å². The Kier molecular flexibility index (Phi) is 4.47. The van der Waals surface area contributed by atoms with E-state index in [1.807, 2.05) is 24.3 Å². The van der Waals surface area contributed by atoms with Gasteiger partial charge in [-0.3, -0.25) is 4.90 Å². The third-order valence-corrected chi connectivity index (χ3v) is 4.50. The molecule has 0 aliphatic carbocycles. The summed E-state index contributed by atoms with van der Waals surface area (Å²) < 4.78 is 5.58. The van der Waals surface area contributed by atoms with Crippen molar-refractivity contribution in [1.29, 1.82) is 5.26 Å². The molecule has 0 amide bonds.